The van der Waals surface area contributed by atoms with Crippen molar-refractivity contribution in [1.82, 2.24) is 10.3 Å². The van der Waals surface area contributed by atoms with E-state index in [0.717, 1.165) is 29.8 Å². The molecule has 112 valence electrons. The van der Waals surface area contributed by atoms with Crippen molar-refractivity contribution in [2.24, 2.45) is 0 Å². The standard InChI is InChI=1S/C17H20F2N2/c1-3-7-20-17(16-9-12(2)6-8-21-16)11-13-4-5-14(18)15(19)10-13/h4-6,8-10,17,20H,3,7,11H2,1-2H3. The molecule has 2 aromatic rings. The molecule has 2 nitrogen and oxygen atoms in total. The quantitative estimate of drug-likeness (QED) is 0.871. The van der Waals surface area contributed by atoms with Crippen LogP contribution in [-0.2, 0) is 6.42 Å². The molecule has 21 heavy (non-hydrogen) atoms. The van der Waals surface area contributed by atoms with Crippen molar-refractivity contribution in [3.05, 3.63) is 65.0 Å². The highest BCUT2D eigenvalue weighted by Gasteiger charge is 2.14. The summed E-state index contributed by atoms with van der Waals surface area (Å²) in [5, 5.41) is 3.42. The van der Waals surface area contributed by atoms with E-state index >= 15 is 0 Å². The second-order valence-corrected chi connectivity index (χ2v) is 5.22. The number of halogens is 2. The molecule has 0 aliphatic heterocycles. The van der Waals surface area contributed by atoms with Crippen molar-refractivity contribution in [2.45, 2.75) is 32.7 Å². The van der Waals surface area contributed by atoms with E-state index in [1.54, 1.807) is 12.3 Å². The molecule has 1 atom stereocenters. The monoisotopic (exact) mass is 290 g/mol. The van der Waals surface area contributed by atoms with E-state index in [1.165, 1.54) is 12.1 Å². The minimum Gasteiger partial charge on any atom is -0.308 e. The summed E-state index contributed by atoms with van der Waals surface area (Å²) in [5.74, 6) is -1.62. The van der Waals surface area contributed by atoms with Gasteiger partial charge < -0.3 is 5.32 Å². The summed E-state index contributed by atoms with van der Waals surface area (Å²) in [4.78, 5) is 4.40. The van der Waals surface area contributed by atoms with Crippen LogP contribution in [0.5, 0.6) is 0 Å². The van der Waals surface area contributed by atoms with Gasteiger partial charge in [-0.15, -0.1) is 0 Å². The van der Waals surface area contributed by atoms with Crippen LogP contribution in [-0.4, -0.2) is 11.5 Å². The van der Waals surface area contributed by atoms with Crippen molar-refractivity contribution in [3.63, 3.8) is 0 Å². The normalized spacial score (nSPS) is 12.4. The van der Waals surface area contributed by atoms with Crippen LogP contribution in [0.25, 0.3) is 0 Å². The highest BCUT2D eigenvalue weighted by Crippen LogP contribution is 2.19. The van der Waals surface area contributed by atoms with Crippen LogP contribution in [0.15, 0.2) is 36.5 Å². The molecule has 1 heterocycles. The lowest BCUT2D eigenvalue weighted by Gasteiger charge is -2.18. The van der Waals surface area contributed by atoms with Gasteiger partial charge in [-0.2, -0.15) is 0 Å². The van der Waals surface area contributed by atoms with Gasteiger partial charge in [0.1, 0.15) is 0 Å². The van der Waals surface area contributed by atoms with Gasteiger partial charge in [0.2, 0.25) is 0 Å². The molecule has 0 bridgehead atoms. The predicted molar refractivity (Wildman–Crippen MR) is 80.1 cm³/mol. The molecule has 0 saturated heterocycles. The van der Waals surface area contributed by atoms with Crippen molar-refractivity contribution < 1.29 is 8.78 Å². The lowest BCUT2D eigenvalue weighted by molar-refractivity contribution is 0.497. The first kappa shape index (κ1) is 15.6. The number of aromatic nitrogens is 1. The topological polar surface area (TPSA) is 24.9 Å². The second kappa shape index (κ2) is 7.27. The third kappa shape index (κ3) is 4.33. The van der Waals surface area contributed by atoms with Crippen LogP contribution >= 0.6 is 0 Å². The fraction of sp³-hybridized carbons (Fsp3) is 0.353. The molecule has 1 aromatic carbocycles. The van der Waals surface area contributed by atoms with Crippen LogP contribution in [0.2, 0.25) is 0 Å². The van der Waals surface area contributed by atoms with Gasteiger partial charge in [-0.25, -0.2) is 8.78 Å². The lowest BCUT2D eigenvalue weighted by atomic mass is 10.0. The van der Waals surface area contributed by atoms with Crippen molar-refractivity contribution in [3.8, 4) is 0 Å². The summed E-state index contributed by atoms with van der Waals surface area (Å²) in [7, 11) is 0. The average Bonchev–Trinajstić information content (AvgIpc) is 2.47. The summed E-state index contributed by atoms with van der Waals surface area (Å²) in [6.07, 6.45) is 3.35. The molecule has 2 rings (SSSR count). The molecule has 0 amide bonds. The van der Waals surface area contributed by atoms with Gasteiger partial charge in [-0.3, -0.25) is 4.98 Å². The van der Waals surface area contributed by atoms with E-state index in [-0.39, 0.29) is 6.04 Å². The van der Waals surface area contributed by atoms with Gasteiger partial charge in [0.05, 0.1) is 11.7 Å². The Balaban J connectivity index is 2.21. The molecule has 0 radical (unpaired) electrons. The van der Waals surface area contributed by atoms with Crippen LogP contribution < -0.4 is 5.32 Å². The van der Waals surface area contributed by atoms with E-state index in [0.29, 0.717) is 6.42 Å². The van der Waals surface area contributed by atoms with Crippen LogP contribution in [0, 0.1) is 18.6 Å². The minimum absolute atomic E-state index is 0.00490. The zero-order valence-electron chi connectivity index (χ0n) is 12.4. The van der Waals surface area contributed by atoms with Gasteiger partial charge in [0.25, 0.3) is 0 Å². The largest absolute Gasteiger partial charge is 0.308 e. The van der Waals surface area contributed by atoms with E-state index in [4.69, 9.17) is 0 Å². The molecule has 1 aromatic heterocycles. The SMILES string of the molecule is CCCNC(Cc1ccc(F)c(F)c1)c1cc(C)ccn1. The minimum atomic E-state index is -0.814. The summed E-state index contributed by atoms with van der Waals surface area (Å²) in [5.41, 5.74) is 2.81. The maximum absolute atomic E-state index is 13.3. The summed E-state index contributed by atoms with van der Waals surface area (Å²) >= 11 is 0. The maximum atomic E-state index is 13.3. The van der Waals surface area contributed by atoms with Gasteiger partial charge in [0.15, 0.2) is 11.6 Å². The molecule has 0 aliphatic carbocycles. The zero-order valence-corrected chi connectivity index (χ0v) is 12.4. The van der Waals surface area contributed by atoms with Gasteiger partial charge in [-0.05, 0) is 61.7 Å². The third-order valence-corrected chi connectivity index (χ3v) is 3.36. The van der Waals surface area contributed by atoms with E-state index < -0.39 is 11.6 Å². The number of aryl methyl sites for hydroxylation is 1. The Morgan fingerprint density at radius 1 is 1.14 bits per heavy atom. The average molecular weight is 290 g/mol. The first-order valence-electron chi connectivity index (χ1n) is 7.20. The Morgan fingerprint density at radius 2 is 1.95 bits per heavy atom. The zero-order chi connectivity index (χ0) is 15.2. The predicted octanol–water partition coefficient (Wildman–Crippen LogP) is 3.95. The van der Waals surface area contributed by atoms with E-state index in [1.807, 2.05) is 19.1 Å². The molecule has 1 unspecified atom stereocenters. The molecule has 0 saturated carbocycles. The molecule has 4 heteroatoms. The number of nitrogens with zero attached hydrogens (tertiary/aromatic N) is 1. The second-order valence-electron chi connectivity index (χ2n) is 5.22. The molecule has 0 aliphatic rings. The van der Waals surface area contributed by atoms with Crippen LogP contribution in [0.4, 0.5) is 8.78 Å². The van der Waals surface area contributed by atoms with Crippen LogP contribution in [0.3, 0.4) is 0 Å². The number of nitrogens with one attached hydrogen (secondary N) is 1. The van der Waals surface area contributed by atoms with Crippen LogP contribution in [0.1, 0.15) is 36.2 Å². The number of pyridine rings is 1. The Hall–Kier alpha value is -1.81. The molecule has 0 spiro atoms. The summed E-state index contributed by atoms with van der Waals surface area (Å²) in [6, 6.07) is 8.01. The Bertz CT molecular complexity index is 599. The number of rotatable bonds is 6. The number of hydrogen-bond donors (Lipinski definition) is 1. The fourth-order valence-corrected chi connectivity index (χ4v) is 2.25. The first-order valence-corrected chi connectivity index (χ1v) is 7.20. The van der Waals surface area contributed by atoms with Gasteiger partial charge >= 0.3 is 0 Å². The molecular formula is C17H20F2N2. The Labute approximate surface area is 124 Å². The fourth-order valence-electron chi connectivity index (χ4n) is 2.25. The highest BCUT2D eigenvalue weighted by atomic mass is 19.2. The smallest absolute Gasteiger partial charge is 0.159 e. The molecular weight excluding hydrogens is 270 g/mol. The number of benzene rings is 1. The van der Waals surface area contributed by atoms with Crippen molar-refractivity contribution in [2.75, 3.05) is 6.54 Å². The van der Waals surface area contributed by atoms with Crippen molar-refractivity contribution in [1.29, 1.82) is 0 Å². The maximum Gasteiger partial charge on any atom is 0.159 e. The Morgan fingerprint density at radius 3 is 2.62 bits per heavy atom. The summed E-state index contributed by atoms with van der Waals surface area (Å²) in [6.45, 7) is 4.95. The van der Waals surface area contributed by atoms with Crippen molar-refractivity contribution >= 4 is 0 Å². The molecule has 0 fully saturated rings. The lowest BCUT2D eigenvalue weighted by Crippen LogP contribution is -2.25. The Kier molecular flexibility index (Phi) is 5.39. The third-order valence-electron chi connectivity index (χ3n) is 3.36. The van der Waals surface area contributed by atoms with Gasteiger partial charge in [-0.1, -0.05) is 13.0 Å². The van der Waals surface area contributed by atoms with E-state index in [2.05, 4.69) is 17.2 Å². The summed E-state index contributed by atoms with van der Waals surface area (Å²) < 4.78 is 26.3. The molecule has 1 N–H and O–H groups in total. The first-order chi connectivity index (χ1) is 10.1. The van der Waals surface area contributed by atoms with E-state index in [9.17, 15) is 8.78 Å². The highest BCUT2D eigenvalue weighted by molar-refractivity contribution is 5.23. The number of hydrogen-bond acceptors (Lipinski definition) is 2. The van der Waals surface area contributed by atoms with Gasteiger partial charge in [0, 0.05) is 6.20 Å².